The average Bonchev–Trinajstić information content (AvgIpc) is 3.34. The Hall–Kier alpha value is -1.73. The second-order valence-corrected chi connectivity index (χ2v) is 7.86. The zero-order chi connectivity index (χ0) is 17.1. The standard InChI is InChI=1S/C19H21N3OS2/c1-23-17-6-3-2-5-15(17)16-11-20-8-9-22(16)12-14-13-25-19(21-14)18-7-4-10-24-18/h2-7,10,13,16,20H,8-9,11-12H2,1H3. The van der Waals surface area contributed by atoms with Crippen LogP contribution in [0.25, 0.3) is 9.88 Å². The summed E-state index contributed by atoms with van der Waals surface area (Å²) >= 11 is 3.48. The van der Waals surface area contributed by atoms with Gasteiger partial charge in [-0.25, -0.2) is 4.98 Å². The summed E-state index contributed by atoms with van der Waals surface area (Å²) < 4.78 is 5.58. The summed E-state index contributed by atoms with van der Waals surface area (Å²) in [5, 5.41) is 8.93. The van der Waals surface area contributed by atoms with E-state index in [9.17, 15) is 0 Å². The molecule has 130 valence electrons. The molecular formula is C19H21N3OS2. The Morgan fingerprint density at radius 1 is 1.24 bits per heavy atom. The van der Waals surface area contributed by atoms with Crippen LogP contribution in [0.1, 0.15) is 17.3 Å². The fraction of sp³-hybridized carbons (Fsp3) is 0.316. The van der Waals surface area contributed by atoms with Gasteiger partial charge in [-0.05, 0) is 17.5 Å². The van der Waals surface area contributed by atoms with Gasteiger partial charge in [0.1, 0.15) is 10.8 Å². The number of methoxy groups -OCH3 is 1. The number of nitrogens with one attached hydrogen (secondary N) is 1. The lowest BCUT2D eigenvalue weighted by Gasteiger charge is -2.36. The molecule has 0 amide bonds. The van der Waals surface area contributed by atoms with Crippen LogP contribution in [0.15, 0.2) is 47.2 Å². The van der Waals surface area contributed by atoms with Gasteiger partial charge in [-0.15, -0.1) is 22.7 Å². The third kappa shape index (κ3) is 3.62. The Morgan fingerprint density at radius 3 is 3.00 bits per heavy atom. The molecule has 3 heterocycles. The zero-order valence-corrected chi connectivity index (χ0v) is 15.8. The number of nitrogens with zero attached hydrogens (tertiary/aromatic N) is 2. The molecule has 1 unspecified atom stereocenters. The minimum atomic E-state index is 0.303. The van der Waals surface area contributed by atoms with Gasteiger partial charge in [0, 0.05) is 37.1 Å². The number of rotatable bonds is 5. The number of hydrogen-bond donors (Lipinski definition) is 1. The SMILES string of the molecule is COc1ccccc1C1CNCCN1Cc1csc(-c2cccs2)n1. The van der Waals surface area contributed by atoms with E-state index in [2.05, 4.69) is 45.2 Å². The number of hydrogen-bond acceptors (Lipinski definition) is 6. The van der Waals surface area contributed by atoms with Gasteiger partial charge in [0.15, 0.2) is 0 Å². The first-order valence-corrected chi connectivity index (χ1v) is 10.2. The second kappa shape index (κ2) is 7.66. The van der Waals surface area contributed by atoms with Crippen LogP contribution in [-0.2, 0) is 6.54 Å². The largest absolute Gasteiger partial charge is 0.496 e. The van der Waals surface area contributed by atoms with E-state index in [0.29, 0.717) is 6.04 Å². The molecule has 1 saturated heterocycles. The van der Waals surface area contributed by atoms with Crippen molar-refractivity contribution in [3.63, 3.8) is 0 Å². The van der Waals surface area contributed by atoms with Gasteiger partial charge in [0.2, 0.25) is 0 Å². The molecule has 3 aromatic rings. The molecule has 0 radical (unpaired) electrons. The summed E-state index contributed by atoms with van der Waals surface area (Å²) in [6.45, 7) is 3.82. The van der Waals surface area contributed by atoms with Crippen molar-refractivity contribution in [2.45, 2.75) is 12.6 Å². The quantitative estimate of drug-likeness (QED) is 0.735. The first-order chi connectivity index (χ1) is 12.3. The van der Waals surface area contributed by atoms with Crippen LogP contribution in [0.2, 0.25) is 0 Å². The van der Waals surface area contributed by atoms with E-state index >= 15 is 0 Å². The molecule has 0 aliphatic carbocycles. The zero-order valence-electron chi connectivity index (χ0n) is 14.1. The topological polar surface area (TPSA) is 37.4 Å². The normalized spacial score (nSPS) is 18.4. The maximum absolute atomic E-state index is 5.58. The molecule has 1 N–H and O–H groups in total. The maximum Gasteiger partial charge on any atom is 0.133 e. The van der Waals surface area contributed by atoms with E-state index in [1.54, 1.807) is 29.8 Å². The van der Waals surface area contributed by atoms with Gasteiger partial charge in [-0.3, -0.25) is 4.90 Å². The molecule has 0 bridgehead atoms. The Balaban J connectivity index is 1.55. The van der Waals surface area contributed by atoms with Crippen molar-refractivity contribution >= 4 is 22.7 Å². The molecule has 1 atom stereocenters. The third-order valence-corrected chi connectivity index (χ3v) is 6.43. The number of ether oxygens (including phenoxy) is 1. The van der Waals surface area contributed by atoms with Gasteiger partial charge >= 0.3 is 0 Å². The molecule has 25 heavy (non-hydrogen) atoms. The highest BCUT2D eigenvalue weighted by molar-refractivity contribution is 7.20. The van der Waals surface area contributed by atoms with E-state index in [-0.39, 0.29) is 0 Å². The molecule has 4 nitrogen and oxygen atoms in total. The minimum absolute atomic E-state index is 0.303. The number of para-hydroxylation sites is 1. The maximum atomic E-state index is 5.58. The molecule has 1 aliphatic rings. The molecule has 0 spiro atoms. The van der Waals surface area contributed by atoms with Crippen molar-refractivity contribution < 1.29 is 4.74 Å². The van der Waals surface area contributed by atoms with Crippen LogP contribution in [0.3, 0.4) is 0 Å². The molecule has 2 aromatic heterocycles. The first kappa shape index (κ1) is 16.7. The van der Waals surface area contributed by atoms with Crippen LogP contribution in [-0.4, -0.2) is 36.6 Å². The monoisotopic (exact) mass is 371 g/mol. The minimum Gasteiger partial charge on any atom is -0.496 e. The highest BCUT2D eigenvalue weighted by Gasteiger charge is 2.26. The number of aromatic nitrogens is 1. The van der Waals surface area contributed by atoms with E-state index in [0.717, 1.165) is 42.6 Å². The molecule has 0 saturated carbocycles. The fourth-order valence-electron chi connectivity index (χ4n) is 3.29. The summed E-state index contributed by atoms with van der Waals surface area (Å²) in [5.41, 5.74) is 2.39. The molecule has 4 rings (SSSR count). The Labute approximate surface area is 156 Å². The molecule has 1 fully saturated rings. The van der Waals surface area contributed by atoms with Crippen molar-refractivity contribution in [2.75, 3.05) is 26.7 Å². The lowest BCUT2D eigenvalue weighted by molar-refractivity contribution is 0.149. The Morgan fingerprint density at radius 2 is 2.16 bits per heavy atom. The van der Waals surface area contributed by atoms with E-state index < -0.39 is 0 Å². The lowest BCUT2D eigenvalue weighted by atomic mass is 10.0. The lowest BCUT2D eigenvalue weighted by Crippen LogP contribution is -2.45. The number of thiazole rings is 1. The average molecular weight is 372 g/mol. The van der Waals surface area contributed by atoms with Crippen LogP contribution in [0.5, 0.6) is 5.75 Å². The molecule has 1 aromatic carbocycles. The molecular weight excluding hydrogens is 350 g/mol. The number of thiophene rings is 1. The van der Waals surface area contributed by atoms with Crippen molar-refractivity contribution in [2.24, 2.45) is 0 Å². The van der Waals surface area contributed by atoms with Crippen molar-refractivity contribution in [1.29, 1.82) is 0 Å². The van der Waals surface area contributed by atoms with Gasteiger partial charge in [0.25, 0.3) is 0 Å². The predicted octanol–water partition coefficient (Wildman–Crippen LogP) is 4.03. The highest BCUT2D eigenvalue weighted by Crippen LogP contribution is 2.32. The van der Waals surface area contributed by atoms with Gasteiger partial charge < -0.3 is 10.1 Å². The summed E-state index contributed by atoms with van der Waals surface area (Å²) in [5.74, 6) is 0.957. The van der Waals surface area contributed by atoms with E-state index in [4.69, 9.17) is 9.72 Å². The summed E-state index contributed by atoms with van der Waals surface area (Å²) in [4.78, 5) is 8.60. The number of piperazine rings is 1. The number of benzene rings is 1. The van der Waals surface area contributed by atoms with Crippen LogP contribution < -0.4 is 10.1 Å². The fourth-order valence-corrected chi connectivity index (χ4v) is 4.91. The van der Waals surface area contributed by atoms with Crippen LogP contribution >= 0.6 is 22.7 Å². The van der Waals surface area contributed by atoms with Crippen LogP contribution in [0, 0.1) is 0 Å². The van der Waals surface area contributed by atoms with Gasteiger partial charge in [0.05, 0.1) is 23.7 Å². The highest BCUT2D eigenvalue weighted by atomic mass is 32.1. The van der Waals surface area contributed by atoms with E-state index in [1.165, 1.54) is 10.4 Å². The summed E-state index contributed by atoms with van der Waals surface area (Å²) in [6, 6.07) is 12.8. The van der Waals surface area contributed by atoms with E-state index in [1.807, 2.05) is 12.1 Å². The Bertz CT molecular complexity index is 816. The van der Waals surface area contributed by atoms with Gasteiger partial charge in [-0.1, -0.05) is 24.3 Å². The van der Waals surface area contributed by atoms with Crippen LogP contribution in [0.4, 0.5) is 0 Å². The third-order valence-electron chi connectivity index (χ3n) is 4.50. The molecule has 1 aliphatic heterocycles. The molecule has 6 heteroatoms. The Kier molecular flexibility index (Phi) is 5.12. The van der Waals surface area contributed by atoms with Crippen molar-refractivity contribution in [1.82, 2.24) is 15.2 Å². The predicted molar refractivity (Wildman–Crippen MR) is 104 cm³/mol. The summed E-state index contributed by atoms with van der Waals surface area (Å²) in [7, 11) is 1.74. The summed E-state index contributed by atoms with van der Waals surface area (Å²) in [6.07, 6.45) is 0. The second-order valence-electron chi connectivity index (χ2n) is 6.05. The smallest absolute Gasteiger partial charge is 0.133 e. The van der Waals surface area contributed by atoms with Gasteiger partial charge in [-0.2, -0.15) is 0 Å². The first-order valence-electron chi connectivity index (χ1n) is 8.41. The van der Waals surface area contributed by atoms with Crippen molar-refractivity contribution in [3.8, 4) is 15.6 Å². The van der Waals surface area contributed by atoms with Crippen molar-refractivity contribution in [3.05, 3.63) is 58.4 Å².